The van der Waals surface area contributed by atoms with Gasteiger partial charge in [-0.1, -0.05) is 18.2 Å². The summed E-state index contributed by atoms with van der Waals surface area (Å²) in [5, 5.41) is 8.90. The number of hydrogen-bond donors (Lipinski definition) is 2. The van der Waals surface area contributed by atoms with E-state index < -0.39 is 0 Å². The van der Waals surface area contributed by atoms with Gasteiger partial charge in [-0.2, -0.15) is 5.10 Å². The van der Waals surface area contributed by atoms with Crippen molar-refractivity contribution < 1.29 is 4.74 Å². The summed E-state index contributed by atoms with van der Waals surface area (Å²) in [5.74, 6) is 0.924. The highest BCUT2D eigenvalue weighted by molar-refractivity contribution is 5.81. The third kappa shape index (κ3) is 3.98. The molecule has 0 aliphatic carbocycles. The number of nitrogens with zero attached hydrogens (tertiary/aromatic N) is 4. The van der Waals surface area contributed by atoms with Crippen molar-refractivity contribution in [1.82, 2.24) is 25.0 Å². The zero-order valence-corrected chi connectivity index (χ0v) is 15.9. The smallest absolute Gasteiger partial charge is 0.194 e. The van der Waals surface area contributed by atoms with E-state index >= 15 is 0 Å². The summed E-state index contributed by atoms with van der Waals surface area (Å²) in [7, 11) is 1.93. The number of H-pyrrole nitrogens is 1. The summed E-state index contributed by atoms with van der Waals surface area (Å²) in [6.07, 6.45) is 3.91. The van der Waals surface area contributed by atoms with Crippen LogP contribution in [0.5, 0.6) is 0 Å². The number of rotatable bonds is 4. The van der Waals surface area contributed by atoms with Crippen molar-refractivity contribution in [2.45, 2.75) is 19.6 Å². The van der Waals surface area contributed by atoms with Crippen LogP contribution in [0.4, 0.5) is 0 Å². The van der Waals surface area contributed by atoms with Gasteiger partial charge in [0.05, 0.1) is 25.9 Å². The molecular formula is C20H26N6O. The second-order valence-electron chi connectivity index (χ2n) is 6.80. The number of aryl methyl sites for hydroxylation is 1. The zero-order valence-electron chi connectivity index (χ0n) is 15.9. The highest BCUT2D eigenvalue weighted by Crippen LogP contribution is 2.22. The summed E-state index contributed by atoms with van der Waals surface area (Å²) in [4.78, 5) is 10.6. The standard InChI is InChI=1S/C20H26N6O/c1-3-21-20(22-12-17-10-15-6-4-5-7-18(15)24-17)26-8-9-27-19(14-26)16-11-23-25(2)13-16/h4-7,10-11,13,19,24H,3,8-9,12,14H2,1-2H3,(H,21,22). The van der Waals surface area contributed by atoms with Gasteiger partial charge in [-0.05, 0) is 24.4 Å². The highest BCUT2D eigenvalue weighted by Gasteiger charge is 2.25. The molecule has 2 N–H and O–H groups in total. The summed E-state index contributed by atoms with van der Waals surface area (Å²) in [6, 6.07) is 10.5. The van der Waals surface area contributed by atoms with Crippen molar-refractivity contribution in [3.8, 4) is 0 Å². The Hall–Kier alpha value is -2.80. The first-order valence-electron chi connectivity index (χ1n) is 9.43. The molecule has 1 unspecified atom stereocenters. The van der Waals surface area contributed by atoms with Gasteiger partial charge in [-0.15, -0.1) is 0 Å². The minimum Gasteiger partial charge on any atom is -0.370 e. The fourth-order valence-corrected chi connectivity index (χ4v) is 3.45. The summed E-state index contributed by atoms with van der Waals surface area (Å²) >= 11 is 0. The third-order valence-corrected chi connectivity index (χ3v) is 4.78. The number of aliphatic imine (C=N–C) groups is 1. The number of ether oxygens (including phenoxy) is 1. The van der Waals surface area contributed by atoms with Gasteiger partial charge in [0.25, 0.3) is 0 Å². The Morgan fingerprint density at radius 3 is 3.07 bits per heavy atom. The molecule has 1 saturated heterocycles. The Morgan fingerprint density at radius 2 is 2.30 bits per heavy atom. The second kappa shape index (κ2) is 7.84. The number of para-hydroxylation sites is 1. The Kier molecular flexibility index (Phi) is 5.11. The van der Waals surface area contributed by atoms with E-state index in [4.69, 9.17) is 9.73 Å². The average molecular weight is 366 g/mol. The number of guanidine groups is 1. The first-order chi connectivity index (χ1) is 13.2. The van der Waals surface area contributed by atoms with Crippen molar-refractivity contribution in [3.63, 3.8) is 0 Å². The molecule has 27 heavy (non-hydrogen) atoms. The van der Waals surface area contributed by atoms with Crippen LogP contribution in [0.2, 0.25) is 0 Å². The Bertz CT molecular complexity index is 894. The van der Waals surface area contributed by atoms with Crippen molar-refractivity contribution in [3.05, 3.63) is 54.0 Å². The van der Waals surface area contributed by atoms with Crippen LogP contribution in [0.3, 0.4) is 0 Å². The minimum atomic E-state index is 0.0179. The molecule has 1 fully saturated rings. The second-order valence-corrected chi connectivity index (χ2v) is 6.80. The van der Waals surface area contributed by atoms with Crippen molar-refractivity contribution >= 4 is 16.9 Å². The van der Waals surface area contributed by atoms with Gasteiger partial charge in [0, 0.05) is 43.1 Å². The fraction of sp³-hybridized carbons (Fsp3) is 0.400. The first-order valence-corrected chi connectivity index (χ1v) is 9.43. The molecule has 0 bridgehead atoms. The molecule has 1 atom stereocenters. The number of fused-ring (bicyclic) bond motifs is 1. The molecule has 142 valence electrons. The van der Waals surface area contributed by atoms with Gasteiger partial charge in [-0.25, -0.2) is 4.99 Å². The van der Waals surface area contributed by atoms with Gasteiger partial charge in [0.2, 0.25) is 0 Å². The Labute approximate surface area is 159 Å². The minimum absolute atomic E-state index is 0.0179. The number of aromatic nitrogens is 3. The van der Waals surface area contributed by atoms with Gasteiger partial charge in [-0.3, -0.25) is 4.68 Å². The molecule has 0 amide bonds. The van der Waals surface area contributed by atoms with E-state index in [1.807, 2.05) is 30.2 Å². The molecule has 2 aromatic heterocycles. The summed E-state index contributed by atoms with van der Waals surface area (Å²) in [6.45, 7) is 5.82. The molecule has 7 nitrogen and oxygen atoms in total. The molecule has 1 aliphatic heterocycles. The van der Waals surface area contributed by atoms with E-state index in [9.17, 15) is 0 Å². The first kappa shape index (κ1) is 17.6. The van der Waals surface area contributed by atoms with Crippen LogP contribution in [0.25, 0.3) is 10.9 Å². The van der Waals surface area contributed by atoms with Crippen LogP contribution in [0.15, 0.2) is 47.7 Å². The van der Waals surface area contributed by atoms with Gasteiger partial charge in [0.1, 0.15) is 6.10 Å². The molecular weight excluding hydrogens is 340 g/mol. The largest absolute Gasteiger partial charge is 0.370 e. The van der Waals surface area contributed by atoms with E-state index in [0.717, 1.165) is 42.4 Å². The lowest BCUT2D eigenvalue weighted by molar-refractivity contribution is -0.00805. The monoisotopic (exact) mass is 366 g/mol. The molecule has 3 heterocycles. The molecule has 1 aliphatic rings. The molecule has 0 spiro atoms. The Morgan fingerprint density at radius 1 is 1.41 bits per heavy atom. The number of benzene rings is 1. The van der Waals surface area contributed by atoms with Crippen molar-refractivity contribution in [2.75, 3.05) is 26.2 Å². The maximum Gasteiger partial charge on any atom is 0.194 e. The maximum atomic E-state index is 5.95. The average Bonchev–Trinajstić information content (AvgIpc) is 3.31. The lowest BCUT2D eigenvalue weighted by Crippen LogP contribution is -2.48. The number of morpholine rings is 1. The Balaban J connectivity index is 1.49. The summed E-state index contributed by atoms with van der Waals surface area (Å²) in [5.41, 5.74) is 3.37. The fourth-order valence-electron chi connectivity index (χ4n) is 3.45. The SMILES string of the molecule is CCNC(=NCc1cc2ccccc2[nH]1)N1CCOC(c2cnn(C)c2)C1. The van der Waals surface area contributed by atoms with Crippen LogP contribution in [0, 0.1) is 0 Å². The number of hydrogen-bond acceptors (Lipinski definition) is 3. The number of aromatic amines is 1. The van der Waals surface area contributed by atoms with Gasteiger partial charge < -0.3 is 19.9 Å². The van der Waals surface area contributed by atoms with Crippen molar-refractivity contribution in [2.24, 2.45) is 12.0 Å². The van der Waals surface area contributed by atoms with E-state index in [2.05, 4.69) is 51.5 Å². The lowest BCUT2D eigenvalue weighted by atomic mass is 10.1. The van der Waals surface area contributed by atoms with Crippen LogP contribution in [-0.2, 0) is 18.3 Å². The quantitative estimate of drug-likeness (QED) is 0.550. The lowest BCUT2D eigenvalue weighted by Gasteiger charge is -2.34. The molecule has 0 saturated carbocycles. The normalized spacial score (nSPS) is 18.2. The van der Waals surface area contributed by atoms with E-state index in [-0.39, 0.29) is 6.10 Å². The van der Waals surface area contributed by atoms with Gasteiger partial charge in [0.15, 0.2) is 5.96 Å². The topological polar surface area (TPSA) is 70.5 Å². The van der Waals surface area contributed by atoms with E-state index in [1.165, 1.54) is 5.39 Å². The predicted octanol–water partition coefficient (Wildman–Crippen LogP) is 2.44. The zero-order chi connectivity index (χ0) is 18.6. The number of nitrogens with one attached hydrogen (secondary N) is 2. The highest BCUT2D eigenvalue weighted by atomic mass is 16.5. The van der Waals surface area contributed by atoms with Crippen LogP contribution < -0.4 is 5.32 Å². The molecule has 1 aromatic carbocycles. The van der Waals surface area contributed by atoms with Gasteiger partial charge >= 0.3 is 0 Å². The third-order valence-electron chi connectivity index (χ3n) is 4.78. The van der Waals surface area contributed by atoms with Crippen LogP contribution in [-0.4, -0.2) is 51.9 Å². The van der Waals surface area contributed by atoms with Crippen LogP contribution in [0.1, 0.15) is 24.3 Å². The van der Waals surface area contributed by atoms with Crippen molar-refractivity contribution in [1.29, 1.82) is 0 Å². The molecule has 0 radical (unpaired) electrons. The molecule has 7 heteroatoms. The molecule has 4 rings (SSSR count). The predicted molar refractivity (Wildman–Crippen MR) is 107 cm³/mol. The van der Waals surface area contributed by atoms with E-state index in [0.29, 0.717) is 13.2 Å². The van der Waals surface area contributed by atoms with E-state index in [1.54, 1.807) is 0 Å². The summed E-state index contributed by atoms with van der Waals surface area (Å²) < 4.78 is 7.77. The van der Waals surface area contributed by atoms with Crippen LogP contribution >= 0.6 is 0 Å². The molecule has 3 aromatic rings. The maximum absolute atomic E-state index is 5.95.